The van der Waals surface area contributed by atoms with Gasteiger partial charge in [-0.05, 0) is 6.08 Å². The fourth-order valence-corrected chi connectivity index (χ4v) is 1.13. The molecule has 1 heterocycles. The van der Waals surface area contributed by atoms with E-state index in [1.54, 1.807) is 0 Å². The van der Waals surface area contributed by atoms with Gasteiger partial charge in [-0.15, -0.1) is 0 Å². The van der Waals surface area contributed by atoms with Crippen LogP contribution < -0.4 is 0 Å². The first-order chi connectivity index (χ1) is 6.77. The Kier molecular flexibility index (Phi) is 2.07. The second kappa shape index (κ2) is 3.38. The Balaban J connectivity index is 2.14. The van der Waals surface area contributed by atoms with Crippen molar-refractivity contribution < 1.29 is 14.6 Å². The first-order valence-electron chi connectivity index (χ1n) is 4.16. The molecule has 0 radical (unpaired) electrons. The number of hydrogen-bond donors (Lipinski definition) is 1. The highest BCUT2D eigenvalue weighted by atomic mass is 16.6. The van der Waals surface area contributed by atoms with Gasteiger partial charge in [0.1, 0.15) is 0 Å². The highest BCUT2D eigenvalue weighted by molar-refractivity contribution is 5.83. The zero-order valence-electron chi connectivity index (χ0n) is 7.31. The summed E-state index contributed by atoms with van der Waals surface area (Å²) in [5, 5.41) is 8.38. The molecule has 0 saturated heterocycles. The predicted octanol–water partition coefficient (Wildman–Crippen LogP) is 2.03. The topological polar surface area (TPSA) is 49.8 Å². The molecule has 0 spiro atoms. The second-order valence-electron chi connectivity index (χ2n) is 2.83. The van der Waals surface area contributed by atoms with Gasteiger partial charge in [-0.3, -0.25) is 0 Å². The first kappa shape index (κ1) is 8.56. The highest BCUT2D eigenvalue weighted by Crippen LogP contribution is 2.36. The lowest BCUT2D eigenvalue weighted by Crippen LogP contribution is -1.84. The van der Waals surface area contributed by atoms with Crippen LogP contribution in [0.5, 0.6) is 0 Å². The minimum absolute atomic E-state index is 0.624. The third-order valence-corrected chi connectivity index (χ3v) is 1.81. The molecule has 0 fully saturated rings. The predicted molar refractivity (Wildman–Crippen MR) is 51.2 cm³/mol. The van der Waals surface area contributed by atoms with Crippen LogP contribution >= 0.6 is 0 Å². The molecule has 2 rings (SSSR count). The zero-order chi connectivity index (χ0) is 9.97. The number of hydrogen-bond acceptors (Lipinski definition) is 2. The van der Waals surface area contributed by atoms with Gasteiger partial charge in [-0.1, -0.05) is 30.3 Å². The van der Waals surface area contributed by atoms with E-state index in [4.69, 9.17) is 9.84 Å². The Morgan fingerprint density at radius 2 is 2.00 bits per heavy atom. The maximum atomic E-state index is 10.2. The summed E-state index contributed by atoms with van der Waals surface area (Å²) in [5.41, 5.74) is 0.970. The number of benzene rings is 1. The molecule has 70 valence electrons. The molecule has 0 aliphatic carbocycles. The van der Waals surface area contributed by atoms with Crippen molar-refractivity contribution in [3.63, 3.8) is 0 Å². The number of ether oxygens (including phenoxy) is 1. The molecule has 0 amide bonds. The quantitative estimate of drug-likeness (QED) is 0.738. The molecular formula is C11H8O3. The van der Waals surface area contributed by atoms with Gasteiger partial charge in [0.2, 0.25) is 0 Å². The fourth-order valence-electron chi connectivity index (χ4n) is 1.13. The van der Waals surface area contributed by atoms with Crippen molar-refractivity contribution in [3.05, 3.63) is 53.8 Å². The summed E-state index contributed by atoms with van der Waals surface area (Å²) in [6, 6.07) is 9.55. The largest absolute Gasteiger partial charge is 0.478 e. The molecule has 0 saturated carbocycles. The molecule has 1 aliphatic rings. The van der Waals surface area contributed by atoms with E-state index in [0.29, 0.717) is 5.76 Å². The fraction of sp³-hybridized carbons (Fsp3) is 0. The molecule has 1 aromatic rings. The van der Waals surface area contributed by atoms with Crippen molar-refractivity contribution in [2.75, 3.05) is 0 Å². The van der Waals surface area contributed by atoms with Crippen molar-refractivity contribution >= 4 is 11.7 Å². The smallest absolute Gasteiger partial charge is 0.328 e. The molecular weight excluding hydrogens is 180 g/mol. The number of carboxylic acid groups (broad SMARTS) is 1. The van der Waals surface area contributed by atoms with E-state index < -0.39 is 5.97 Å². The van der Waals surface area contributed by atoms with Crippen molar-refractivity contribution in [2.24, 2.45) is 0 Å². The van der Waals surface area contributed by atoms with Crippen LogP contribution in [-0.2, 0) is 9.53 Å². The lowest BCUT2D eigenvalue weighted by atomic mass is 10.2. The van der Waals surface area contributed by atoms with Gasteiger partial charge in [0.05, 0.1) is 0 Å². The van der Waals surface area contributed by atoms with E-state index in [2.05, 4.69) is 0 Å². The third kappa shape index (κ3) is 1.82. The Morgan fingerprint density at radius 3 is 2.64 bits per heavy atom. The van der Waals surface area contributed by atoms with E-state index in [1.165, 1.54) is 6.08 Å². The summed E-state index contributed by atoms with van der Waals surface area (Å²) in [6.45, 7) is 0. The Bertz CT molecular complexity index is 415. The normalized spacial score (nSPS) is 14.3. The van der Waals surface area contributed by atoms with Gasteiger partial charge in [-0.2, -0.15) is 0 Å². The summed E-state index contributed by atoms with van der Waals surface area (Å²) >= 11 is 0. The Hall–Kier alpha value is -2.03. The van der Waals surface area contributed by atoms with Crippen LogP contribution in [0.1, 0.15) is 5.56 Å². The summed E-state index contributed by atoms with van der Waals surface area (Å²) in [6.07, 6.45) is 2.51. The summed E-state index contributed by atoms with van der Waals surface area (Å²) in [5.74, 6) is 0.405. The van der Waals surface area contributed by atoms with E-state index in [1.807, 2.05) is 30.3 Å². The minimum atomic E-state index is -0.972. The molecule has 1 aliphatic heterocycles. The van der Waals surface area contributed by atoms with Crippen LogP contribution in [0.25, 0.3) is 5.76 Å². The molecule has 0 aromatic heterocycles. The third-order valence-electron chi connectivity index (χ3n) is 1.81. The maximum absolute atomic E-state index is 10.2. The van der Waals surface area contributed by atoms with Crippen LogP contribution in [0.3, 0.4) is 0 Å². The van der Waals surface area contributed by atoms with Crippen LogP contribution in [0.2, 0.25) is 0 Å². The molecule has 1 aromatic carbocycles. The van der Waals surface area contributed by atoms with Gasteiger partial charge in [-0.25, -0.2) is 4.79 Å². The number of rotatable bonds is 3. The van der Waals surface area contributed by atoms with Crippen LogP contribution in [0, 0.1) is 0 Å². The molecule has 14 heavy (non-hydrogen) atoms. The lowest BCUT2D eigenvalue weighted by Gasteiger charge is -1.86. The average Bonchev–Trinajstić information content (AvgIpc) is 2.95. The van der Waals surface area contributed by atoms with Crippen LogP contribution in [0.15, 0.2) is 48.2 Å². The lowest BCUT2D eigenvalue weighted by molar-refractivity contribution is -0.131. The minimum Gasteiger partial charge on any atom is -0.478 e. The van der Waals surface area contributed by atoms with Gasteiger partial charge >= 0.3 is 5.97 Å². The second-order valence-corrected chi connectivity index (χ2v) is 2.83. The Morgan fingerprint density at radius 1 is 1.29 bits per heavy atom. The van der Waals surface area contributed by atoms with Gasteiger partial charge in [0.15, 0.2) is 11.5 Å². The Labute approximate surface area is 80.9 Å². The molecule has 0 atom stereocenters. The molecule has 0 unspecified atom stereocenters. The van der Waals surface area contributed by atoms with Gasteiger partial charge in [0, 0.05) is 11.6 Å². The van der Waals surface area contributed by atoms with E-state index in [-0.39, 0.29) is 0 Å². The van der Waals surface area contributed by atoms with Gasteiger partial charge < -0.3 is 9.84 Å². The number of allylic oxidation sites excluding steroid dienone is 1. The number of carboxylic acids is 1. The van der Waals surface area contributed by atoms with E-state index >= 15 is 0 Å². The van der Waals surface area contributed by atoms with Crippen LogP contribution in [-0.4, -0.2) is 11.1 Å². The zero-order valence-corrected chi connectivity index (χ0v) is 7.31. The molecule has 3 nitrogen and oxygen atoms in total. The van der Waals surface area contributed by atoms with Crippen molar-refractivity contribution in [1.82, 2.24) is 0 Å². The summed E-state index contributed by atoms with van der Waals surface area (Å²) in [4.78, 5) is 10.2. The molecule has 0 bridgehead atoms. The van der Waals surface area contributed by atoms with Crippen molar-refractivity contribution in [2.45, 2.75) is 0 Å². The van der Waals surface area contributed by atoms with Gasteiger partial charge in [0.25, 0.3) is 0 Å². The molecule has 3 heteroatoms. The summed E-state index contributed by atoms with van der Waals surface area (Å²) in [7, 11) is 0. The van der Waals surface area contributed by atoms with Crippen molar-refractivity contribution in [1.29, 1.82) is 0 Å². The highest BCUT2D eigenvalue weighted by Gasteiger charge is 2.23. The average molecular weight is 188 g/mol. The van der Waals surface area contributed by atoms with Crippen LogP contribution in [0.4, 0.5) is 0 Å². The molecule has 1 N–H and O–H groups in total. The van der Waals surface area contributed by atoms with E-state index in [0.717, 1.165) is 17.4 Å². The summed E-state index contributed by atoms with van der Waals surface area (Å²) < 4.78 is 5.14. The first-order valence-corrected chi connectivity index (χ1v) is 4.16. The number of aliphatic carboxylic acids is 1. The van der Waals surface area contributed by atoms with Crippen molar-refractivity contribution in [3.8, 4) is 0 Å². The SMILES string of the molecule is O=C(O)C=CC1=C(c2ccccc2)O1. The monoisotopic (exact) mass is 188 g/mol. The maximum Gasteiger partial charge on any atom is 0.328 e. The number of carbonyl (C=O) groups is 1. The van der Waals surface area contributed by atoms with E-state index in [9.17, 15) is 4.79 Å². The standard InChI is InChI=1S/C11H8O3/c12-10(13)7-6-9-11(14-9)8-4-2-1-3-5-8/h1-7H,(H,12,13).